The van der Waals surface area contributed by atoms with Crippen LogP contribution in [0.1, 0.15) is 12.0 Å². The van der Waals surface area contributed by atoms with Gasteiger partial charge >= 0.3 is 0 Å². The van der Waals surface area contributed by atoms with Gasteiger partial charge in [0.2, 0.25) is 10.0 Å². The highest BCUT2D eigenvalue weighted by atomic mass is 32.2. The van der Waals surface area contributed by atoms with Crippen LogP contribution in [0, 0.1) is 0 Å². The molecule has 0 saturated heterocycles. The van der Waals surface area contributed by atoms with E-state index in [1.165, 1.54) is 5.56 Å². The van der Waals surface area contributed by atoms with Crippen LogP contribution in [0.4, 0.5) is 0 Å². The Morgan fingerprint density at radius 3 is 2.65 bits per heavy atom. The molecule has 0 spiro atoms. The maximum Gasteiger partial charge on any atom is 0.241 e. The fourth-order valence-electron chi connectivity index (χ4n) is 2.93. The second kappa shape index (κ2) is 8.40. The van der Waals surface area contributed by atoms with Crippen molar-refractivity contribution in [2.75, 3.05) is 20.1 Å². The third kappa shape index (κ3) is 4.66. The van der Waals surface area contributed by atoms with Crippen molar-refractivity contribution < 1.29 is 8.42 Å². The Morgan fingerprint density at radius 1 is 1.04 bits per heavy atom. The molecule has 0 unspecified atom stereocenters. The minimum atomic E-state index is -3.54. The van der Waals surface area contributed by atoms with E-state index in [4.69, 9.17) is 0 Å². The molecule has 26 heavy (non-hydrogen) atoms. The summed E-state index contributed by atoms with van der Waals surface area (Å²) >= 11 is 0. The maximum absolute atomic E-state index is 12.6. The number of rotatable bonds is 8. The van der Waals surface area contributed by atoms with Crippen molar-refractivity contribution in [3.8, 4) is 0 Å². The van der Waals surface area contributed by atoms with Crippen LogP contribution in [0.15, 0.2) is 71.9 Å². The molecule has 1 N–H and O–H groups in total. The third-order valence-electron chi connectivity index (χ3n) is 4.23. The second-order valence-electron chi connectivity index (χ2n) is 6.33. The van der Waals surface area contributed by atoms with Crippen LogP contribution in [0.25, 0.3) is 10.8 Å². The molecular weight excluding hydrogens is 346 g/mol. The molecule has 1 aromatic heterocycles. The van der Waals surface area contributed by atoms with Gasteiger partial charge in [0, 0.05) is 36.3 Å². The van der Waals surface area contributed by atoms with Crippen LogP contribution < -0.4 is 4.72 Å². The summed E-state index contributed by atoms with van der Waals surface area (Å²) in [6.07, 6.45) is 4.03. The number of nitrogens with zero attached hydrogens (tertiary/aromatic N) is 2. The third-order valence-corrected chi connectivity index (χ3v) is 5.75. The predicted octanol–water partition coefficient (Wildman–Crippen LogP) is 3.04. The van der Waals surface area contributed by atoms with Gasteiger partial charge in [-0.05, 0) is 37.7 Å². The molecular formula is C20H23N3O2S. The monoisotopic (exact) mass is 369 g/mol. The normalized spacial score (nSPS) is 11.9. The Bertz CT molecular complexity index is 954. The fourth-order valence-corrected chi connectivity index (χ4v) is 4.24. The zero-order chi connectivity index (χ0) is 18.4. The van der Waals surface area contributed by atoms with E-state index in [2.05, 4.69) is 26.7 Å². The molecule has 136 valence electrons. The van der Waals surface area contributed by atoms with Crippen LogP contribution >= 0.6 is 0 Å². The van der Waals surface area contributed by atoms with Gasteiger partial charge in [-0.1, -0.05) is 42.5 Å². The molecule has 0 fully saturated rings. The number of sulfonamides is 1. The fraction of sp³-hybridized carbons (Fsp3) is 0.250. The molecule has 0 aliphatic heterocycles. The molecule has 6 heteroatoms. The van der Waals surface area contributed by atoms with E-state index in [9.17, 15) is 8.42 Å². The van der Waals surface area contributed by atoms with Gasteiger partial charge in [-0.3, -0.25) is 4.98 Å². The van der Waals surface area contributed by atoms with Crippen molar-refractivity contribution in [3.05, 3.63) is 72.6 Å². The SMILES string of the molecule is CN(CCCNS(=O)(=O)c1cccc2cnccc12)Cc1ccccc1. The number of hydrogen-bond acceptors (Lipinski definition) is 4. The van der Waals surface area contributed by atoms with E-state index in [0.717, 1.165) is 24.9 Å². The first-order chi connectivity index (χ1) is 12.6. The van der Waals surface area contributed by atoms with Gasteiger partial charge < -0.3 is 4.90 Å². The van der Waals surface area contributed by atoms with Gasteiger partial charge in [0.1, 0.15) is 0 Å². The molecule has 0 radical (unpaired) electrons. The average molecular weight is 369 g/mol. The van der Waals surface area contributed by atoms with Gasteiger partial charge in [0.05, 0.1) is 4.90 Å². The summed E-state index contributed by atoms with van der Waals surface area (Å²) in [7, 11) is -1.50. The van der Waals surface area contributed by atoms with Crippen molar-refractivity contribution in [2.45, 2.75) is 17.9 Å². The van der Waals surface area contributed by atoms with Gasteiger partial charge in [-0.15, -0.1) is 0 Å². The molecule has 0 amide bonds. The summed E-state index contributed by atoms with van der Waals surface area (Å²) in [5, 5.41) is 1.51. The van der Waals surface area contributed by atoms with E-state index in [0.29, 0.717) is 16.8 Å². The van der Waals surface area contributed by atoms with E-state index >= 15 is 0 Å². The average Bonchev–Trinajstić information content (AvgIpc) is 2.65. The molecule has 5 nitrogen and oxygen atoms in total. The first kappa shape index (κ1) is 18.5. The largest absolute Gasteiger partial charge is 0.302 e. The molecule has 1 heterocycles. The smallest absolute Gasteiger partial charge is 0.241 e. The summed E-state index contributed by atoms with van der Waals surface area (Å²) in [5.74, 6) is 0. The van der Waals surface area contributed by atoms with E-state index in [1.807, 2.05) is 31.3 Å². The number of hydrogen-bond donors (Lipinski definition) is 1. The quantitative estimate of drug-likeness (QED) is 0.620. The lowest BCUT2D eigenvalue weighted by atomic mass is 10.2. The highest BCUT2D eigenvalue weighted by Gasteiger charge is 2.16. The molecule has 0 aliphatic rings. The van der Waals surface area contributed by atoms with Gasteiger partial charge in [0.25, 0.3) is 0 Å². The number of aromatic nitrogens is 1. The van der Waals surface area contributed by atoms with Gasteiger partial charge in [-0.2, -0.15) is 0 Å². The Balaban J connectivity index is 1.55. The van der Waals surface area contributed by atoms with Crippen LogP contribution in [0.5, 0.6) is 0 Å². The Morgan fingerprint density at radius 2 is 1.85 bits per heavy atom. The van der Waals surface area contributed by atoms with E-state index < -0.39 is 10.0 Å². The summed E-state index contributed by atoms with van der Waals surface area (Å²) in [6.45, 7) is 2.07. The molecule has 3 aromatic rings. The standard InChI is InChI=1S/C20H23N3O2S/c1-23(16-17-7-3-2-4-8-17)14-6-12-22-26(24,25)20-10-5-9-18-15-21-13-11-19(18)20/h2-5,7-11,13,15,22H,6,12,14,16H2,1H3. The Kier molecular flexibility index (Phi) is 5.98. The summed E-state index contributed by atoms with van der Waals surface area (Å²) in [4.78, 5) is 6.53. The molecule has 0 aliphatic carbocycles. The van der Waals surface area contributed by atoms with E-state index in [1.54, 1.807) is 30.6 Å². The van der Waals surface area contributed by atoms with Crippen LogP contribution in [0.3, 0.4) is 0 Å². The molecule has 2 aromatic carbocycles. The molecule has 3 rings (SSSR count). The Hall–Kier alpha value is -2.28. The van der Waals surface area contributed by atoms with Crippen LogP contribution in [-0.4, -0.2) is 38.4 Å². The Labute approximate surface area is 154 Å². The minimum absolute atomic E-state index is 0.301. The highest BCUT2D eigenvalue weighted by Crippen LogP contribution is 2.21. The molecule has 0 atom stereocenters. The lowest BCUT2D eigenvalue weighted by Crippen LogP contribution is -2.28. The number of nitrogens with one attached hydrogen (secondary N) is 1. The van der Waals surface area contributed by atoms with Gasteiger partial charge in [0.15, 0.2) is 0 Å². The lowest BCUT2D eigenvalue weighted by Gasteiger charge is -2.17. The minimum Gasteiger partial charge on any atom is -0.302 e. The van der Waals surface area contributed by atoms with Crippen molar-refractivity contribution >= 4 is 20.8 Å². The summed E-state index contributed by atoms with van der Waals surface area (Å²) < 4.78 is 28.0. The predicted molar refractivity (Wildman–Crippen MR) is 104 cm³/mol. The molecule has 0 saturated carbocycles. The first-order valence-electron chi connectivity index (χ1n) is 8.61. The van der Waals surface area contributed by atoms with Gasteiger partial charge in [-0.25, -0.2) is 13.1 Å². The zero-order valence-corrected chi connectivity index (χ0v) is 15.6. The van der Waals surface area contributed by atoms with Crippen molar-refractivity contribution in [1.82, 2.24) is 14.6 Å². The van der Waals surface area contributed by atoms with Crippen molar-refractivity contribution in [2.24, 2.45) is 0 Å². The number of benzene rings is 2. The van der Waals surface area contributed by atoms with Crippen LogP contribution in [-0.2, 0) is 16.6 Å². The van der Waals surface area contributed by atoms with E-state index in [-0.39, 0.29) is 0 Å². The lowest BCUT2D eigenvalue weighted by molar-refractivity contribution is 0.322. The summed E-state index contributed by atoms with van der Waals surface area (Å²) in [6, 6.07) is 17.2. The van der Waals surface area contributed by atoms with Crippen molar-refractivity contribution in [1.29, 1.82) is 0 Å². The zero-order valence-electron chi connectivity index (χ0n) is 14.8. The number of fused-ring (bicyclic) bond motifs is 1. The summed E-state index contributed by atoms with van der Waals surface area (Å²) in [5.41, 5.74) is 1.25. The highest BCUT2D eigenvalue weighted by molar-refractivity contribution is 7.89. The first-order valence-corrected chi connectivity index (χ1v) is 10.1. The topological polar surface area (TPSA) is 62.3 Å². The maximum atomic E-state index is 12.6. The van der Waals surface area contributed by atoms with Crippen molar-refractivity contribution in [3.63, 3.8) is 0 Å². The second-order valence-corrected chi connectivity index (χ2v) is 8.06. The van der Waals surface area contributed by atoms with Crippen LogP contribution in [0.2, 0.25) is 0 Å². The molecule has 0 bridgehead atoms. The number of pyridine rings is 1.